The van der Waals surface area contributed by atoms with E-state index in [1.807, 2.05) is 11.4 Å². The minimum Gasteiger partial charge on any atom is -0.495 e. The van der Waals surface area contributed by atoms with Gasteiger partial charge in [-0.15, -0.1) is 11.3 Å². The Kier molecular flexibility index (Phi) is 6.43. The normalized spacial score (nSPS) is 16.4. The molecule has 0 bridgehead atoms. The van der Waals surface area contributed by atoms with E-state index in [9.17, 15) is 0 Å². The topological polar surface area (TPSA) is 89.9 Å². The Labute approximate surface area is 210 Å². The summed E-state index contributed by atoms with van der Waals surface area (Å²) in [5, 5.41) is 9.35. The van der Waals surface area contributed by atoms with Crippen molar-refractivity contribution in [3.8, 4) is 16.2 Å². The average Bonchev–Trinajstić information content (AvgIpc) is 3.38. The Balaban J connectivity index is 1.75. The lowest BCUT2D eigenvalue weighted by Crippen LogP contribution is -2.57. The number of nitrogens with two attached hydrogens (primary N) is 1. The van der Waals surface area contributed by atoms with Crippen LogP contribution in [-0.2, 0) is 17.9 Å². The number of nitrogens with zero attached hydrogens (tertiary/aromatic N) is 4. The number of hydrogen-bond donors (Lipinski definition) is 2. The average molecular weight is 495 g/mol. The third-order valence-electron chi connectivity index (χ3n) is 6.92. The Bertz CT molecular complexity index is 1380. The summed E-state index contributed by atoms with van der Waals surface area (Å²) in [5.74, 6) is 1.36. The Hall–Kier alpha value is -2.72. The monoisotopic (exact) mass is 494 g/mol. The van der Waals surface area contributed by atoms with Crippen LogP contribution in [0.25, 0.3) is 26.0 Å². The molecule has 3 N–H and O–H groups in total. The second-order valence-electron chi connectivity index (χ2n) is 9.75. The van der Waals surface area contributed by atoms with Gasteiger partial charge in [-0.3, -0.25) is 4.90 Å². The van der Waals surface area contributed by atoms with E-state index in [0.29, 0.717) is 19.0 Å². The summed E-state index contributed by atoms with van der Waals surface area (Å²) in [4.78, 5) is 8.00. The summed E-state index contributed by atoms with van der Waals surface area (Å²) in [7, 11) is 1.72. The van der Waals surface area contributed by atoms with Crippen LogP contribution in [0.3, 0.4) is 0 Å². The van der Waals surface area contributed by atoms with Gasteiger partial charge in [0.25, 0.3) is 0 Å². The fourth-order valence-corrected chi connectivity index (χ4v) is 6.25. The lowest BCUT2D eigenvalue weighted by Gasteiger charge is -2.42. The molecule has 9 heteroatoms. The first-order valence-electron chi connectivity index (χ1n) is 12.1. The lowest BCUT2D eigenvalue weighted by molar-refractivity contribution is 0.0788. The fourth-order valence-electron chi connectivity index (χ4n) is 5.04. The van der Waals surface area contributed by atoms with Gasteiger partial charge in [0.1, 0.15) is 17.6 Å². The second-order valence-corrected chi connectivity index (χ2v) is 10.8. The van der Waals surface area contributed by atoms with Crippen molar-refractivity contribution in [3.63, 3.8) is 0 Å². The number of anilines is 1. The molecule has 1 fully saturated rings. The number of nitrogen functional groups attached to an aromatic ring is 1. The first-order chi connectivity index (χ1) is 16.8. The van der Waals surface area contributed by atoms with Crippen LogP contribution in [0.2, 0.25) is 0 Å². The number of fused-ring (bicyclic) bond motifs is 2. The largest absolute Gasteiger partial charge is 0.495 e. The standard InChI is InChI=1S/C26H34N6O2S/c1-6-34-13-18-19(12-31-8-7-28-14-26(31,3)4)32-23(25(27)29-15-30-32)22(18)21-11-17-9-16(2)10-20(33-5)24(17)35-21/h9-11,15,28H,6-8,12-14H2,1-5H3,(H2,27,29,30). The highest BCUT2D eigenvalue weighted by molar-refractivity contribution is 7.22. The highest BCUT2D eigenvalue weighted by Crippen LogP contribution is 2.44. The molecule has 8 nitrogen and oxygen atoms in total. The van der Waals surface area contributed by atoms with Crippen LogP contribution in [-0.4, -0.2) is 58.4 Å². The van der Waals surface area contributed by atoms with E-state index in [2.05, 4.69) is 59.3 Å². The number of rotatable bonds is 7. The van der Waals surface area contributed by atoms with Crippen LogP contribution in [0, 0.1) is 6.92 Å². The van der Waals surface area contributed by atoms with E-state index >= 15 is 0 Å². The number of hydrogen-bond acceptors (Lipinski definition) is 8. The molecule has 5 rings (SSSR count). The van der Waals surface area contributed by atoms with Crippen LogP contribution >= 0.6 is 11.3 Å². The first-order valence-corrected chi connectivity index (χ1v) is 12.9. The maximum Gasteiger partial charge on any atom is 0.152 e. The van der Waals surface area contributed by atoms with Crippen molar-refractivity contribution in [2.45, 2.75) is 46.4 Å². The van der Waals surface area contributed by atoms with Crippen molar-refractivity contribution in [1.82, 2.24) is 24.8 Å². The smallest absolute Gasteiger partial charge is 0.152 e. The van der Waals surface area contributed by atoms with E-state index in [4.69, 9.17) is 15.2 Å². The number of aromatic nitrogens is 3. The highest BCUT2D eigenvalue weighted by atomic mass is 32.1. The molecule has 0 unspecified atom stereocenters. The molecule has 0 radical (unpaired) electrons. The number of ether oxygens (including phenoxy) is 2. The Morgan fingerprint density at radius 2 is 2.09 bits per heavy atom. The quantitative estimate of drug-likeness (QED) is 0.397. The number of aryl methyl sites for hydroxylation is 1. The van der Waals surface area contributed by atoms with Gasteiger partial charge in [-0.1, -0.05) is 6.07 Å². The zero-order valence-electron chi connectivity index (χ0n) is 21.1. The van der Waals surface area contributed by atoms with E-state index < -0.39 is 0 Å². The molecule has 1 aliphatic rings. The van der Waals surface area contributed by atoms with Crippen molar-refractivity contribution < 1.29 is 9.47 Å². The summed E-state index contributed by atoms with van der Waals surface area (Å²) in [5.41, 5.74) is 11.8. The fraction of sp³-hybridized carbons (Fsp3) is 0.462. The predicted octanol–water partition coefficient (Wildman–Crippen LogP) is 4.23. The summed E-state index contributed by atoms with van der Waals surface area (Å²) in [6.45, 7) is 13.4. The molecule has 4 aromatic rings. The molecule has 1 saturated heterocycles. The predicted molar refractivity (Wildman–Crippen MR) is 142 cm³/mol. The van der Waals surface area contributed by atoms with Crippen LogP contribution < -0.4 is 15.8 Å². The van der Waals surface area contributed by atoms with Crippen LogP contribution in [0.15, 0.2) is 24.5 Å². The molecule has 0 saturated carbocycles. The molecule has 0 aliphatic carbocycles. The SMILES string of the molecule is CCOCc1c(-c2cc3cc(C)cc(OC)c3s2)c2c(N)ncnn2c1CN1CCNCC1(C)C. The maximum absolute atomic E-state index is 6.51. The number of benzene rings is 1. The van der Waals surface area contributed by atoms with Gasteiger partial charge in [0.15, 0.2) is 5.82 Å². The number of nitrogens with one attached hydrogen (secondary N) is 1. The van der Waals surface area contributed by atoms with Crippen molar-refractivity contribution in [1.29, 1.82) is 0 Å². The molecule has 0 atom stereocenters. The molecule has 3 aromatic heterocycles. The van der Waals surface area contributed by atoms with E-state index in [-0.39, 0.29) is 5.54 Å². The third-order valence-corrected chi connectivity index (χ3v) is 8.10. The molecule has 1 aromatic carbocycles. The number of piperazine rings is 1. The lowest BCUT2D eigenvalue weighted by atomic mass is 9.99. The zero-order chi connectivity index (χ0) is 24.7. The molecule has 35 heavy (non-hydrogen) atoms. The number of thiophene rings is 1. The van der Waals surface area contributed by atoms with Gasteiger partial charge >= 0.3 is 0 Å². The van der Waals surface area contributed by atoms with Gasteiger partial charge in [0.05, 0.1) is 24.1 Å². The number of methoxy groups -OCH3 is 1. The van der Waals surface area contributed by atoms with Crippen LogP contribution in [0.5, 0.6) is 5.75 Å². The van der Waals surface area contributed by atoms with E-state index in [1.165, 1.54) is 5.56 Å². The van der Waals surface area contributed by atoms with Crippen molar-refractivity contribution in [3.05, 3.63) is 41.3 Å². The third kappa shape index (κ3) is 4.27. The van der Waals surface area contributed by atoms with Gasteiger partial charge in [-0.05, 0) is 50.8 Å². The minimum atomic E-state index is 0.0204. The van der Waals surface area contributed by atoms with E-state index in [1.54, 1.807) is 24.8 Å². The maximum atomic E-state index is 6.51. The Morgan fingerprint density at radius 3 is 2.83 bits per heavy atom. The van der Waals surface area contributed by atoms with Crippen LogP contribution in [0.4, 0.5) is 5.82 Å². The van der Waals surface area contributed by atoms with E-state index in [0.717, 1.165) is 69.2 Å². The Morgan fingerprint density at radius 1 is 1.26 bits per heavy atom. The highest BCUT2D eigenvalue weighted by Gasteiger charge is 2.33. The second kappa shape index (κ2) is 9.39. The van der Waals surface area contributed by atoms with Gasteiger partial charge in [0, 0.05) is 54.3 Å². The molecule has 186 valence electrons. The summed E-state index contributed by atoms with van der Waals surface area (Å²) in [6, 6.07) is 6.50. The minimum absolute atomic E-state index is 0.0204. The summed E-state index contributed by atoms with van der Waals surface area (Å²) >= 11 is 1.71. The molecule has 4 heterocycles. The van der Waals surface area contributed by atoms with Crippen LogP contribution in [0.1, 0.15) is 37.6 Å². The first kappa shape index (κ1) is 24.0. The molecular formula is C26H34N6O2S. The van der Waals surface area contributed by atoms with Crippen molar-refractivity contribution in [2.24, 2.45) is 0 Å². The molecule has 1 aliphatic heterocycles. The molecular weight excluding hydrogens is 460 g/mol. The van der Waals surface area contributed by atoms with Gasteiger partial charge in [0.2, 0.25) is 0 Å². The summed E-state index contributed by atoms with van der Waals surface area (Å²) < 4.78 is 14.8. The van der Waals surface area contributed by atoms with Gasteiger partial charge in [-0.25, -0.2) is 9.50 Å². The summed E-state index contributed by atoms with van der Waals surface area (Å²) in [6.07, 6.45) is 1.54. The zero-order valence-corrected chi connectivity index (χ0v) is 22.0. The van der Waals surface area contributed by atoms with Gasteiger partial charge in [-0.2, -0.15) is 5.10 Å². The van der Waals surface area contributed by atoms with Crippen molar-refractivity contribution in [2.75, 3.05) is 39.1 Å². The van der Waals surface area contributed by atoms with Gasteiger partial charge < -0.3 is 20.5 Å². The van der Waals surface area contributed by atoms with Crippen molar-refractivity contribution >= 4 is 32.8 Å². The molecule has 0 amide bonds. The molecule has 0 spiro atoms.